The van der Waals surface area contributed by atoms with Crippen LogP contribution in [0.15, 0.2) is 24.3 Å². The lowest BCUT2D eigenvalue weighted by atomic mass is 10.1. The van der Waals surface area contributed by atoms with Crippen LogP contribution in [0.2, 0.25) is 0 Å². The number of carbonyl (C=O) groups excluding carboxylic acids is 1. The number of rotatable bonds is 2. The van der Waals surface area contributed by atoms with Crippen LogP contribution in [0.1, 0.15) is 42.1 Å². The van der Waals surface area contributed by atoms with Gasteiger partial charge in [-0.05, 0) is 31.4 Å². The summed E-state index contributed by atoms with van der Waals surface area (Å²) in [6.07, 6.45) is 2.07. The Morgan fingerprint density at radius 2 is 1.87 bits per heavy atom. The van der Waals surface area contributed by atoms with Crippen molar-refractivity contribution in [1.29, 1.82) is 0 Å². The molecule has 23 heavy (non-hydrogen) atoms. The molecular weight excluding hydrogens is 324 g/mol. The van der Waals surface area contributed by atoms with Crippen LogP contribution in [-0.4, -0.2) is 42.8 Å². The van der Waals surface area contributed by atoms with Gasteiger partial charge in [0.25, 0.3) is 11.8 Å². The summed E-state index contributed by atoms with van der Waals surface area (Å²) in [4.78, 5) is 14.3. The van der Waals surface area contributed by atoms with Crippen LogP contribution in [0, 0.1) is 0 Å². The van der Waals surface area contributed by atoms with Crippen LogP contribution >= 0.6 is 0 Å². The molecule has 0 bridgehead atoms. The van der Waals surface area contributed by atoms with Crippen molar-refractivity contribution in [2.24, 2.45) is 0 Å². The van der Waals surface area contributed by atoms with Crippen molar-refractivity contribution in [2.75, 3.05) is 12.3 Å². The molecule has 3 rings (SSSR count). The molecular formula is C16H19F2NO3S. The van der Waals surface area contributed by atoms with Gasteiger partial charge in [-0.1, -0.05) is 12.1 Å². The average molecular weight is 343 g/mol. The molecule has 1 saturated carbocycles. The first-order chi connectivity index (χ1) is 10.7. The number of sulfone groups is 1. The van der Waals surface area contributed by atoms with Gasteiger partial charge in [0, 0.05) is 30.6 Å². The fourth-order valence-corrected chi connectivity index (χ4v) is 5.59. The summed E-state index contributed by atoms with van der Waals surface area (Å²) in [5.41, 5.74) is 0.178. The summed E-state index contributed by atoms with van der Waals surface area (Å²) in [7, 11) is -3.13. The summed E-state index contributed by atoms with van der Waals surface area (Å²) in [5, 5.41) is -0.473. The molecule has 0 N–H and O–H groups in total. The third-order valence-electron chi connectivity index (χ3n) is 4.80. The maximum atomic E-state index is 13.2. The fourth-order valence-electron chi connectivity index (χ4n) is 3.55. The maximum Gasteiger partial charge on any atom is 0.270 e. The Hall–Kier alpha value is -1.50. The minimum atomic E-state index is -3.13. The van der Waals surface area contributed by atoms with Crippen molar-refractivity contribution < 1.29 is 22.0 Å². The molecule has 0 radical (unpaired) electrons. The first-order valence-electron chi connectivity index (χ1n) is 7.71. The van der Waals surface area contributed by atoms with Crippen molar-refractivity contribution in [3.05, 3.63) is 35.4 Å². The molecule has 0 spiro atoms. The molecule has 1 heterocycles. The number of hydrogen-bond acceptors (Lipinski definition) is 3. The summed E-state index contributed by atoms with van der Waals surface area (Å²) in [6, 6.07) is 5.00. The molecule has 1 aliphatic carbocycles. The predicted octanol–water partition coefficient (Wildman–Crippen LogP) is 2.59. The minimum absolute atomic E-state index is 0.0228. The molecule has 0 unspecified atom stereocenters. The molecule has 4 nitrogen and oxygen atoms in total. The highest BCUT2D eigenvalue weighted by Gasteiger charge is 2.46. The number of hydrogen-bond donors (Lipinski definition) is 0. The van der Waals surface area contributed by atoms with Gasteiger partial charge >= 0.3 is 0 Å². The van der Waals surface area contributed by atoms with Crippen LogP contribution in [0.3, 0.4) is 0 Å². The largest absolute Gasteiger partial charge is 0.333 e. The van der Waals surface area contributed by atoms with Gasteiger partial charge in [0.2, 0.25) is 0 Å². The highest BCUT2D eigenvalue weighted by atomic mass is 32.2. The highest BCUT2D eigenvalue weighted by molar-refractivity contribution is 7.92. The molecule has 1 aromatic carbocycles. The van der Waals surface area contributed by atoms with Gasteiger partial charge in [-0.15, -0.1) is 0 Å². The molecule has 126 valence electrons. The van der Waals surface area contributed by atoms with E-state index in [9.17, 15) is 22.0 Å². The van der Waals surface area contributed by atoms with Crippen LogP contribution in [0.25, 0.3) is 0 Å². The average Bonchev–Trinajstić information content (AvgIpc) is 2.97. The number of alkyl halides is 2. The Bertz CT molecular complexity index is 710. The fraction of sp³-hybridized carbons (Fsp3) is 0.562. The molecule has 2 atom stereocenters. The monoisotopic (exact) mass is 343 g/mol. The van der Waals surface area contributed by atoms with Crippen molar-refractivity contribution in [1.82, 2.24) is 4.90 Å². The first kappa shape index (κ1) is 16.4. The van der Waals surface area contributed by atoms with Gasteiger partial charge < -0.3 is 4.90 Å². The number of nitrogens with zero attached hydrogens (tertiary/aromatic N) is 1. The van der Waals surface area contributed by atoms with Crippen molar-refractivity contribution in [3.63, 3.8) is 0 Å². The number of carbonyl (C=O) groups is 1. The zero-order valence-electron chi connectivity index (χ0n) is 12.8. The summed E-state index contributed by atoms with van der Waals surface area (Å²) in [6.45, 7) is 0.983. The van der Waals surface area contributed by atoms with E-state index < -0.39 is 21.0 Å². The van der Waals surface area contributed by atoms with Crippen LogP contribution in [-0.2, 0) is 15.8 Å². The van der Waals surface area contributed by atoms with E-state index in [4.69, 9.17) is 0 Å². The molecule has 0 aromatic heterocycles. The van der Waals surface area contributed by atoms with Crippen molar-refractivity contribution >= 4 is 15.7 Å². The second-order valence-corrected chi connectivity index (χ2v) is 8.71. The van der Waals surface area contributed by atoms with Crippen LogP contribution < -0.4 is 0 Å². The number of benzene rings is 1. The van der Waals surface area contributed by atoms with Crippen LogP contribution in [0.5, 0.6) is 0 Å². The van der Waals surface area contributed by atoms with E-state index in [1.807, 2.05) is 0 Å². The standard InChI is InChI=1S/C16H19F2NO3S/c1-16(17,18)12-7-5-11(6-8-12)15(20)19-9-10-23(21,22)14-4-2-3-13(14)19/h5-8,13-14H,2-4,9-10H2,1H3/t13-,14-/m1/s1. The third-order valence-corrected chi connectivity index (χ3v) is 7.02. The van der Waals surface area contributed by atoms with Crippen molar-refractivity contribution in [3.8, 4) is 0 Å². The van der Waals surface area contributed by atoms with Gasteiger partial charge in [0.05, 0.1) is 11.0 Å². The Balaban J connectivity index is 1.83. The normalized spacial score (nSPS) is 26.8. The molecule has 2 fully saturated rings. The Labute approximate surface area is 134 Å². The van der Waals surface area contributed by atoms with E-state index in [0.717, 1.165) is 13.3 Å². The van der Waals surface area contributed by atoms with E-state index in [-0.39, 0.29) is 29.8 Å². The zero-order chi connectivity index (χ0) is 16.8. The molecule has 1 aliphatic heterocycles. The summed E-state index contributed by atoms with van der Waals surface area (Å²) in [5.74, 6) is -3.25. The van der Waals surface area contributed by atoms with E-state index in [0.29, 0.717) is 18.4 Å². The highest BCUT2D eigenvalue weighted by Crippen LogP contribution is 2.34. The lowest BCUT2D eigenvalue weighted by Crippen LogP contribution is -2.54. The van der Waals surface area contributed by atoms with Gasteiger partial charge in [-0.3, -0.25) is 4.79 Å². The van der Waals surface area contributed by atoms with Gasteiger partial charge in [-0.25, -0.2) is 17.2 Å². The predicted molar refractivity (Wildman–Crippen MR) is 82.3 cm³/mol. The zero-order valence-corrected chi connectivity index (χ0v) is 13.7. The van der Waals surface area contributed by atoms with Crippen LogP contribution in [0.4, 0.5) is 8.78 Å². The smallest absolute Gasteiger partial charge is 0.270 e. The lowest BCUT2D eigenvalue weighted by molar-refractivity contribution is 0.0174. The van der Waals surface area contributed by atoms with Gasteiger partial charge in [0.1, 0.15) is 0 Å². The number of halogens is 2. The molecule has 1 amide bonds. The Kier molecular flexibility index (Phi) is 3.94. The topological polar surface area (TPSA) is 54.5 Å². The molecule has 2 aliphatic rings. The second kappa shape index (κ2) is 5.54. The molecule has 1 aromatic rings. The SMILES string of the molecule is CC(F)(F)c1ccc(C(=O)N2CCS(=O)(=O)[C@@H]3CCC[C@H]32)cc1. The van der Waals surface area contributed by atoms with E-state index in [2.05, 4.69) is 0 Å². The number of fused-ring (bicyclic) bond motifs is 1. The molecule has 1 saturated heterocycles. The van der Waals surface area contributed by atoms with E-state index in [1.54, 1.807) is 4.90 Å². The third kappa shape index (κ3) is 2.98. The first-order valence-corrected chi connectivity index (χ1v) is 9.42. The minimum Gasteiger partial charge on any atom is -0.333 e. The Morgan fingerprint density at radius 1 is 1.22 bits per heavy atom. The number of amides is 1. The summed E-state index contributed by atoms with van der Waals surface area (Å²) < 4.78 is 50.7. The maximum absolute atomic E-state index is 13.2. The van der Waals surface area contributed by atoms with E-state index >= 15 is 0 Å². The summed E-state index contributed by atoms with van der Waals surface area (Å²) >= 11 is 0. The van der Waals surface area contributed by atoms with E-state index in [1.165, 1.54) is 24.3 Å². The van der Waals surface area contributed by atoms with Gasteiger partial charge in [-0.2, -0.15) is 0 Å². The van der Waals surface area contributed by atoms with Gasteiger partial charge in [0.15, 0.2) is 9.84 Å². The lowest BCUT2D eigenvalue weighted by Gasteiger charge is -2.37. The second-order valence-electron chi connectivity index (χ2n) is 6.37. The Morgan fingerprint density at radius 3 is 2.48 bits per heavy atom. The quantitative estimate of drug-likeness (QED) is 0.829. The van der Waals surface area contributed by atoms with Crippen molar-refractivity contribution in [2.45, 2.75) is 43.4 Å². The molecule has 7 heteroatoms.